The molecule has 0 aliphatic rings. The highest BCUT2D eigenvalue weighted by atomic mass is 31.2. The first-order valence-corrected chi connectivity index (χ1v) is 15.3. The summed E-state index contributed by atoms with van der Waals surface area (Å²) in [7, 11) is 1.19. The van der Waals surface area contributed by atoms with Crippen LogP contribution in [0.4, 0.5) is 0 Å². The molecule has 0 radical (unpaired) electrons. The molecule has 0 spiro atoms. The van der Waals surface area contributed by atoms with E-state index in [1.165, 1.54) is 70.6 Å². The lowest BCUT2D eigenvalue weighted by atomic mass is 10.0. The Bertz CT molecular complexity index is 568. The largest absolute Gasteiger partial charge is 0.473 e. The van der Waals surface area contributed by atoms with E-state index in [9.17, 15) is 24.5 Å². The monoisotopic (exact) mass is 524 g/mol. The minimum Gasteiger partial charge on any atom is -0.394 e. The quantitative estimate of drug-likeness (QED) is 0.0835. The number of hydrogen-bond acceptors (Lipinski definition) is 6. The van der Waals surface area contributed by atoms with Crippen molar-refractivity contribution in [1.29, 1.82) is 0 Å². The molecule has 0 amide bonds. The predicted octanol–water partition coefficient (Wildman–Crippen LogP) is 5.38. The van der Waals surface area contributed by atoms with Gasteiger partial charge in [0, 0.05) is 6.42 Å². The third-order valence-electron chi connectivity index (χ3n) is 6.14. The third-order valence-corrected chi connectivity index (χ3v) is 7.15. The molecule has 0 aliphatic carbocycles. The van der Waals surface area contributed by atoms with Crippen molar-refractivity contribution >= 4 is 13.6 Å². The topological polar surface area (TPSA) is 113 Å². The van der Waals surface area contributed by atoms with Gasteiger partial charge in [0.15, 0.2) is 11.9 Å². The molecule has 0 rings (SSSR count). The zero-order valence-corrected chi connectivity index (χ0v) is 23.9. The van der Waals surface area contributed by atoms with Gasteiger partial charge in [-0.15, -0.1) is 0 Å². The molecule has 35 heavy (non-hydrogen) atoms. The van der Waals surface area contributed by atoms with Gasteiger partial charge in [-0.25, -0.2) is 4.57 Å². The lowest BCUT2D eigenvalue weighted by Gasteiger charge is -2.26. The predicted molar refractivity (Wildman–Crippen MR) is 141 cm³/mol. The second kappa shape index (κ2) is 20.7. The molecule has 0 saturated carbocycles. The van der Waals surface area contributed by atoms with Gasteiger partial charge >= 0.3 is 7.82 Å². The SMILES string of the molecule is CCCCCCCCCCCCCCCCCC(=O)C(OP(=O)(O)OCC[N+](C)(C)C)[C@@H](O)CO. The second-order valence-corrected chi connectivity index (χ2v) is 12.2. The number of phosphoric ester groups is 1. The maximum absolute atomic E-state index is 12.5. The number of carbonyl (C=O) groups is 1. The Morgan fingerprint density at radius 1 is 0.829 bits per heavy atom. The fourth-order valence-electron chi connectivity index (χ4n) is 3.86. The van der Waals surface area contributed by atoms with Crippen molar-refractivity contribution in [3.63, 3.8) is 0 Å². The maximum Gasteiger partial charge on any atom is 0.473 e. The Morgan fingerprint density at radius 3 is 1.66 bits per heavy atom. The highest BCUT2D eigenvalue weighted by Crippen LogP contribution is 2.45. The number of rotatable bonds is 25. The molecule has 0 saturated heterocycles. The number of aliphatic hydroxyl groups is 2. The van der Waals surface area contributed by atoms with Crippen molar-refractivity contribution in [1.82, 2.24) is 0 Å². The van der Waals surface area contributed by atoms with Crippen LogP contribution >= 0.6 is 7.82 Å². The average Bonchev–Trinajstić information content (AvgIpc) is 2.78. The third kappa shape index (κ3) is 21.5. The van der Waals surface area contributed by atoms with Crippen LogP contribution < -0.4 is 0 Å². The van der Waals surface area contributed by atoms with Crippen molar-refractivity contribution in [3.8, 4) is 0 Å². The molecule has 210 valence electrons. The van der Waals surface area contributed by atoms with Crippen molar-refractivity contribution < 1.29 is 38.0 Å². The lowest BCUT2D eigenvalue weighted by molar-refractivity contribution is -0.870. The van der Waals surface area contributed by atoms with Crippen LogP contribution in [0.5, 0.6) is 0 Å². The molecule has 0 aromatic carbocycles. The van der Waals surface area contributed by atoms with Gasteiger partial charge in [-0.3, -0.25) is 13.8 Å². The van der Waals surface area contributed by atoms with Gasteiger partial charge in [0.05, 0.1) is 27.7 Å². The van der Waals surface area contributed by atoms with Crippen LogP contribution in [0, 0.1) is 0 Å². The van der Waals surface area contributed by atoms with E-state index in [-0.39, 0.29) is 13.0 Å². The number of phosphoric acid groups is 1. The molecule has 2 unspecified atom stereocenters. The Labute approximate surface area is 214 Å². The van der Waals surface area contributed by atoms with Crippen LogP contribution in [0.3, 0.4) is 0 Å². The van der Waals surface area contributed by atoms with E-state index < -0.39 is 32.4 Å². The highest BCUT2D eigenvalue weighted by Gasteiger charge is 2.35. The minimum absolute atomic E-state index is 0.0353. The Kier molecular flexibility index (Phi) is 20.5. The summed E-state index contributed by atoms with van der Waals surface area (Å²) in [4.78, 5) is 22.4. The van der Waals surface area contributed by atoms with Gasteiger partial charge in [0.1, 0.15) is 19.3 Å². The van der Waals surface area contributed by atoms with Gasteiger partial charge in [0.2, 0.25) is 0 Å². The summed E-state index contributed by atoms with van der Waals surface area (Å²) in [6, 6.07) is 0. The van der Waals surface area contributed by atoms with Gasteiger partial charge in [-0.1, -0.05) is 96.8 Å². The zero-order chi connectivity index (χ0) is 26.6. The summed E-state index contributed by atoms with van der Waals surface area (Å²) in [5, 5.41) is 19.2. The summed E-state index contributed by atoms with van der Waals surface area (Å²) in [5.74, 6) is -0.495. The van der Waals surface area contributed by atoms with Crippen LogP contribution in [0.15, 0.2) is 0 Å². The van der Waals surface area contributed by atoms with Crippen molar-refractivity contribution in [2.45, 2.75) is 122 Å². The van der Waals surface area contributed by atoms with E-state index >= 15 is 0 Å². The maximum atomic E-state index is 12.5. The first-order chi connectivity index (χ1) is 16.5. The van der Waals surface area contributed by atoms with Crippen molar-refractivity contribution in [3.05, 3.63) is 0 Å². The Balaban J connectivity index is 3.99. The molecule has 0 aromatic rings. The molecular formula is C26H55NO7P+. The van der Waals surface area contributed by atoms with Crippen LogP contribution in [0.2, 0.25) is 0 Å². The van der Waals surface area contributed by atoms with Gasteiger partial charge < -0.3 is 19.6 Å². The van der Waals surface area contributed by atoms with Gasteiger partial charge in [-0.2, -0.15) is 0 Å². The first kappa shape index (κ1) is 34.7. The van der Waals surface area contributed by atoms with E-state index in [2.05, 4.69) is 6.92 Å². The van der Waals surface area contributed by atoms with E-state index in [4.69, 9.17) is 9.05 Å². The second-order valence-electron chi connectivity index (χ2n) is 10.8. The van der Waals surface area contributed by atoms with E-state index in [1.54, 1.807) is 0 Å². The zero-order valence-electron chi connectivity index (χ0n) is 23.0. The first-order valence-electron chi connectivity index (χ1n) is 13.8. The number of quaternary nitrogens is 1. The number of unbranched alkanes of at least 4 members (excludes halogenated alkanes) is 14. The summed E-state index contributed by atoms with van der Waals surface area (Å²) in [5.41, 5.74) is 0. The molecule has 8 nitrogen and oxygen atoms in total. The number of hydrogen-bond donors (Lipinski definition) is 3. The van der Waals surface area contributed by atoms with Crippen LogP contribution in [-0.2, 0) is 18.4 Å². The standard InChI is InChI=1S/C26H54NO7P/c1-5-6-7-8-9-10-11-12-13-14-15-16-17-18-19-20-24(29)26(25(30)23-28)34-35(31,32)33-22-21-27(2,3)4/h25-26,28,30H,5-23H2,1-4H3/p+1/t25-,26?/m0/s1. The summed E-state index contributed by atoms with van der Waals surface area (Å²) >= 11 is 0. The molecule has 0 bridgehead atoms. The minimum atomic E-state index is -4.53. The normalized spacial score (nSPS) is 15.6. The van der Waals surface area contributed by atoms with Gasteiger partial charge in [0.25, 0.3) is 0 Å². The van der Waals surface area contributed by atoms with Crippen LogP contribution in [0.25, 0.3) is 0 Å². The van der Waals surface area contributed by atoms with E-state index in [1.807, 2.05) is 21.1 Å². The molecular weight excluding hydrogens is 469 g/mol. The van der Waals surface area contributed by atoms with Crippen molar-refractivity contribution in [2.75, 3.05) is 40.9 Å². The highest BCUT2D eigenvalue weighted by molar-refractivity contribution is 7.47. The van der Waals surface area contributed by atoms with Gasteiger partial charge in [-0.05, 0) is 6.42 Å². The molecule has 3 atom stereocenters. The number of ketones is 1. The summed E-state index contributed by atoms with van der Waals surface area (Å²) in [6.07, 6.45) is 15.2. The Morgan fingerprint density at radius 2 is 1.26 bits per heavy atom. The number of likely N-dealkylation sites (N-methyl/N-ethyl adjacent to an activating group) is 1. The smallest absolute Gasteiger partial charge is 0.394 e. The van der Waals surface area contributed by atoms with Crippen LogP contribution in [0.1, 0.15) is 110 Å². The molecule has 0 fully saturated rings. The number of Topliss-reactive ketones (excluding diaryl/α,β-unsaturated/α-hetero) is 1. The molecule has 3 N–H and O–H groups in total. The lowest BCUT2D eigenvalue weighted by Crippen LogP contribution is -2.39. The Hall–Kier alpha value is -0.340. The average molecular weight is 525 g/mol. The fraction of sp³-hybridized carbons (Fsp3) is 0.962. The van der Waals surface area contributed by atoms with Crippen LogP contribution in [-0.4, -0.2) is 78.5 Å². The molecule has 0 aromatic heterocycles. The number of nitrogens with zero attached hydrogens (tertiary/aromatic N) is 1. The fourth-order valence-corrected chi connectivity index (χ4v) is 4.77. The summed E-state index contributed by atoms with van der Waals surface area (Å²) < 4.78 is 22.6. The molecule has 9 heteroatoms. The molecule has 0 aliphatic heterocycles. The number of aliphatic hydroxyl groups excluding tert-OH is 2. The van der Waals surface area contributed by atoms with E-state index in [0.717, 1.165) is 19.3 Å². The number of carbonyl (C=O) groups excluding carboxylic acids is 1. The van der Waals surface area contributed by atoms with E-state index in [0.29, 0.717) is 17.4 Å². The van der Waals surface area contributed by atoms with Crippen molar-refractivity contribution in [2.24, 2.45) is 0 Å². The molecule has 0 heterocycles. The summed E-state index contributed by atoms with van der Waals surface area (Å²) in [6.45, 7) is 1.94.